The van der Waals surface area contributed by atoms with Crippen molar-refractivity contribution in [2.75, 3.05) is 25.5 Å². The zero-order valence-electron chi connectivity index (χ0n) is 10.2. The third-order valence-corrected chi connectivity index (χ3v) is 3.62. The van der Waals surface area contributed by atoms with Crippen molar-refractivity contribution in [1.82, 2.24) is 15.1 Å². The molecule has 1 aliphatic rings. The Labute approximate surface area is 108 Å². The maximum atomic E-state index is 11.9. The van der Waals surface area contributed by atoms with Crippen molar-refractivity contribution in [2.24, 2.45) is 5.41 Å². The van der Waals surface area contributed by atoms with E-state index in [1.54, 1.807) is 11.8 Å². The number of methoxy groups -OCH3 is 1. The summed E-state index contributed by atoms with van der Waals surface area (Å²) in [5, 5.41) is 10.5. The highest BCUT2D eigenvalue weighted by molar-refractivity contribution is 7.13. The second kappa shape index (κ2) is 4.89. The third-order valence-electron chi connectivity index (χ3n) is 3.01. The molecule has 1 aromatic rings. The van der Waals surface area contributed by atoms with Gasteiger partial charge in [0, 0.05) is 13.1 Å². The summed E-state index contributed by atoms with van der Waals surface area (Å²) in [4.78, 5) is 25.1. The van der Waals surface area contributed by atoms with E-state index in [-0.39, 0.29) is 12.0 Å². The molecule has 18 heavy (non-hydrogen) atoms. The standard InChI is InChI=1S/C10H14N4O3S/c1-10(7(15)17-2)3-4-14(5-10)9(16)12-8-13-11-6-18-8/h6H,3-5H2,1-2H3,(H,12,13,16). The van der Waals surface area contributed by atoms with Crippen LogP contribution in [0, 0.1) is 5.41 Å². The van der Waals surface area contributed by atoms with Gasteiger partial charge >= 0.3 is 12.0 Å². The quantitative estimate of drug-likeness (QED) is 0.809. The fourth-order valence-electron chi connectivity index (χ4n) is 1.95. The summed E-state index contributed by atoms with van der Waals surface area (Å²) in [6.07, 6.45) is 0.600. The number of rotatable bonds is 2. The van der Waals surface area contributed by atoms with Gasteiger partial charge in [0.05, 0.1) is 12.5 Å². The Morgan fingerprint density at radius 3 is 3.00 bits per heavy atom. The number of likely N-dealkylation sites (tertiary alicyclic amines) is 1. The number of esters is 1. The summed E-state index contributed by atoms with van der Waals surface area (Å²) >= 11 is 1.25. The van der Waals surface area contributed by atoms with Crippen LogP contribution in [-0.2, 0) is 9.53 Å². The van der Waals surface area contributed by atoms with E-state index in [0.717, 1.165) is 0 Å². The Hall–Kier alpha value is -1.70. The third kappa shape index (κ3) is 2.42. The highest BCUT2D eigenvalue weighted by Gasteiger charge is 2.43. The van der Waals surface area contributed by atoms with Crippen molar-refractivity contribution in [2.45, 2.75) is 13.3 Å². The fourth-order valence-corrected chi connectivity index (χ4v) is 2.38. The molecule has 2 rings (SSSR count). The predicted octanol–water partition coefficient (Wildman–Crippen LogP) is 0.955. The van der Waals surface area contributed by atoms with E-state index in [1.807, 2.05) is 0 Å². The Balaban J connectivity index is 1.96. The number of nitrogens with zero attached hydrogens (tertiary/aromatic N) is 3. The molecule has 1 atom stereocenters. The molecule has 0 radical (unpaired) electrons. The number of anilines is 1. The molecule has 2 heterocycles. The minimum Gasteiger partial charge on any atom is -0.469 e. The first kappa shape index (κ1) is 12.7. The van der Waals surface area contributed by atoms with Gasteiger partial charge in [-0.2, -0.15) is 0 Å². The van der Waals surface area contributed by atoms with Gasteiger partial charge in [-0.3, -0.25) is 10.1 Å². The number of urea groups is 1. The Morgan fingerprint density at radius 2 is 2.39 bits per heavy atom. The Kier molecular flexibility index (Phi) is 3.46. The fraction of sp³-hybridized carbons (Fsp3) is 0.600. The van der Waals surface area contributed by atoms with Crippen LogP contribution in [0.4, 0.5) is 9.93 Å². The second-order valence-electron chi connectivity index (χ2n) is 4.40. The molecule has 0 saturated carbocycles. The van der Waals surface area contributed by atoms with Gasteiger partial charge in [-0.1, -0.05) is 11.3 Å². The van der Waals surface area contributed by atoms with E-state index >= 15 is 0 Å². The van der Waals surface area contributed by atoms with Gasteiger partial charge in [0.15, 0.2) is 0 Å². The molecule has 1 fully saturated rings. The SMILES string of the molecule is COC(=O)C1(C)CCN(C(=O)Nc2nncs2)C1. The van der Waals surface area contributed by atoms with Gasteiger partial charge in [-0.15, -0.1) is 10.2 Å². The van der Waals surface area contributed by atoms with Crippen LogP contribution in [0.3, 0.4) is 0 Å². The molecule has 2 amide bonds. The van der Waals surface area contributed by atoms with Crippen LogP contribution in [0.15, 0.2) is 5.51 Å². The molecule has 7 nitrogen and oxygen atoms in total. The van der Waals surface area contributed by atoms with Gasteiger partial charge in [-0.05, 0) is 13.3 Å². The predicted molar refractivity (Wildman–Crippen MR) is 65.2 cm³/mol. The monoisotopic (exact) mass is 270 g/mol. The van der Waals surface area contributed by atoms with Gasteiger partial charge in [0.25, 0.3) is 0 Å². The molecule has 0 aromatic carbocycles. The number of aromatic nitrogens is 2. The molecule has 98 valence electrons. The van der Waals surface area contributed by atoms with E-state index in [0.29, 0.717) is 24.6 Å². The minimum atomic E-state index is -0.618. The summed E-state index contributed by atoms with van der Waals surface area (Å²) in [6.45, 7) is 2.68. The first-order chi connectivity index (χ1) is 8.55. The van der Waals surface area contributed by atoms with Crippen molar-refractivity contribution in [3.8, 4) is 0 Å². The molecule has 1 unspecified atom stereocenters. The molecule has 0 bridgehead atoms. The number of carbonyl (C=O) groups is 2. The van der Waals surface area contributed by atoms with Gasteiger partial charge in [-0.25, -0.2) is 4.79 Å². The Morgan fingerprint density at radius 1 is 1.61 bits per heavy atom. The second-order valence-corrected chi connectivity index (χ2v) is 5.23. The molecule has 1 saturated heterocycles. The van der Waals surface area contributed by atoms with E-state index in [9.17, 15) is 9.59 Å². The molecular weight excluding hydrogens is 256 g/mol. The molecule has 1 aliphatic heterocycles. The van der Waals surface area contributed by atoms with Crippen LogP contribution < -0.4 is 5.32 Å². The summed E-state index contributed by atoms with van der Waals surface area (Å²) in [5.74, 6) is -0.284. The summed E-state index contributed by atoms with van der Waals surface area (Å²) < 4.78 is 4.75. The molecular formula is C10H14N4O3S. The number of amides is 2. The number of carbonyl (C=O) groups excluding carboxylic acids is 2. The van der Waals surface area contributed by atoms with Crippen molar-refractivity contribution in [1.29, 1.82) is 0 Å². The van der Waals surface area contributed by atoms with Crippen LogP contribution in [-0.4, -0.2) is 47.3 Å². The van der Waals surface area contributed by atoms with E-state index in [4.69, 9.17) is 4.74 Å². The average Bonchev–Trinajstić information content (AvgIpc) is 2.98. The first-order valence-corrected chi connectivity index (χ1v) is 6.34. The zero-order valence-corrected chi connectivity index (χ0v) is 11.0. The van der Waals surface area contributed by atoms with Crippen molar-refractivity contribution >= 4 is 28.5 Å². The maximum Gasteiger partial charge on any atom is 0.323 e. The first-order valence-electron chi connectivity index (χ1n) is 5.46. The lowest BCUT2D eigenvalue weighted by Crippen LogP contribution is -2.37. The molecule has 8 heteroatoms. The molecule has 0 spiro atoms. The van der Waals surface area contributed by atoms with Crippen molar-refractivity contribution in [3.63, 3.8) is 0 Å². The molecule has 0 aliphatic carbocycles. The van der Waals surface area contributed by atoms with Gasteiger partial charge < -0.3 is 9.64 Å². The number of nitrogens with one attached hydrogen (secondary N) is 1. The molecule has 1 aromatic heterocycles. The number of hydrogen-bond donors (Lipinski definition) is 1. The maximum absolute atomic E-state index is 11.9. The lowest BCUT2D eigenvalue weighted by Gasteiger charge is -2.21. The highest BCUT2D eigenvalue weighted by Crippen LogP contribution is 2.31. The normalized spacial score (nSPS) is 22.9. The average molecular weight is 270 g/mol. The highest BCUT2D eigenvalue weighted by atomic mass is 32.1. The summed E-state index contributed by atoms with van der Waals surface area (Å²) in [7, 11) is 1.36. The lowest BCUT2D eigenvalue weighted by atomic mass is 9.90. The van der Waals surface area contributed by atoms with Crippen LogP contribution in [0.1, 0.15) is 13.3 Å². The topological polar surface area (TPSA) is 84.4 Å². The van der Waals surface area contributed by atoms with E-state index in [2.05, 4.69) is 15.5 Å². The largest absolute Gasteiger partial charge is 0.469 e. The van der Waals surface area contributed by atoms with Crippen LogP contribution >= 0.6 is 11.3 Å². The number of hydrogen-bond acceptors (Lipinski definition) is 6. The van der Waals surface area contributed by atoms with E-state index < -0.39 is 5.41 Å². The van der Waals surface area contributed by atoms with Crippen LogP contribution in [0.25, 0.3) is 0 Å². The minimum absolute atomic E-state index is 0.264. The van der Waals surface area contributed by atoms with Crippen LogP contribution in [0.2, 0.25) is 0 Å². The van der Waals surface area contributed by atoms with Crippen molar-refractivity contribution in [3.05, 3.63) is 5.51 Å². The smallest absolute Gasteiger partial charge is 0.323 e. The summed E-state index contributed by atoms with van der Waals surface area (Å²) in [6, 6.07) is -0.264. The lowest BCUT2D eigenvalue weighted by molar-refractivity contribution is -0.150. The molecule has 1 N–H and O–H groups in total. The van der Waals surface area contributed by atoms with E-state index in [1.165, 1.54) is 24.0 Å². The van der Waals surface area contributed by atoms with Crippen LogP contribution in [0.5, 0.6) is 0 Å². The Bertz CT molecular complexity index is 450. The van der Waals surface area contributed by atoms with Gasteiger partial charge in [0.2, 0.25) is 5.13 Å². The zero-order chi connectivity index (χ0) is 13.2. The van der Waals surface area contributed by atoms with Crippen molar-refractivity contribution < 1.29 is 14.3 Å². The summed E-state index contributed by atoms with van der Waals surface area (Å²) in [5.41, 5.74) is 0.922. The number of ether oxygens (including phenoxy) is 1. The van der Waals surface area contributed by atoms with Gasteiger partial charge in [0.1, 0.15) is 5.51 Å².